The molecule has 0 aliphatic heterocycles. The lowest BCUT2D eigenvalue weighted by atomic mass is 10.2. The van der Waals surface area contributed by atoms with Gasteiger partial charge >= 0.3 is 0 Å². The van der Waals surface area contributed by atoms with E-state index in [9.17, 15) is 13.2 Å². The number of pyridine rings is 1. The minimum Gasteiger partial charge on any atom is -0.279 e. The molecule has 0 saturated carbocycles. The molecule has 0 unspecified atom stereocenters. The van der Waals surface area contributed by atoms with E-state index >= 15 is 0 Å². The number of hydrogen-bond acceptors (Lipinski definition) is 6. The number of carbonyl (C=O) groups is 1. The molecule has 27 heavy (non-hydrogen) atoms. The van der Waals surface area contributed by atoms with Crippen molar-refractivity contribution in [3.05, 3.63) is 77.4 Å². The van der Waals surface area contributed by atoms with Crippen molar-refractivity contribution < 1.29 is 13.2 Å². The molecule has 1 aromatic carbocycles. The Morgan fingerprint density at radius 2 is 1.85 bits per heavy atom. The summed E-state index contributed by atoms with van der Waals surface area (Å²) in [6.07, 6.45) is 1.64. The molecular weight excluding hydrogens is 384 g/mol. The summed E-state index contributed by atoms with van der Waals surface area (Å²) in [6, 6.07) is 14.7. The van der Waals surface area contributed by atoms with Crippen LogP contribution in [-0.2, 0) is 10.0 Å². The van der Waals surface area contributed by atoms with E-state index in [1.54, 1.807) is 36.7 Å². The first-order valence-corrected chi connectivity index (χ1v) is 10.2. The van der Waals surface area contributed by atoms with Crippen molar-refractivity contribution in [2.24, 2.45) is 5.10 Å². The van der Waals surface area contributed by atoms with Crippen LogP contribution in [0.25, 0.3) is 0 Å². The summed E-state index contributed by atoms with van der Waals surface area (Å²) in [7, 11) is -3.62. The highest BCUT2D eigenvalue weighted by molar-refractivity contribution is 7.94. The molecular formula is C18H16N4O3S2. The first-order valence-electron chi connectivity index (χ1n) is 7.88. The lowest BCUT2D eigenvalue weighted by Gasteiger charge is -2.07. The third-order valence-corrected chi connectivity index (χ3v) is 6.30. The molecule has 3 rings (SSSR count). The molecule has 7 nitrogen and oxygen atoms in total. The minimum atomic E-state index is -3.62. The van der Waals surface area contributed by atoms with Crippen molar-refractivity contribution in [2.75, 3.05) is 4.72 Å². The molecule has 2 heterocycles. The first-order chi connectivity index (χ1) is 13.0. The maximum atomic E-state index is 12.2. The van der Waals surface area contributed by atoms with Gasteiger partial charge in [-0.3, -0.25) is 14.5 Å². The number of aromatic nitrogens is 1. The number of hydrazone groups is 1. The smallest absolute Gasteiger partial charge is 0.271 e. The highest BCUT2D eigenvalue weighted by atomic mass is 32.2. The summed E-state index contributed by atoms with van der Waals surface area (Å²) in [5.41, 5.74) is 4.42. The summed E-state index contributed by atoms with van der Waals surface area (Å²) < 4.78 is 27.1. The van der Waals surface area contributed by atoms with Gasteiger partial charge in [-0.05, 0) is 54.8 Å². The van der Waals surface area contributed by atoms with Crippen molar-refractivity contribution in [1.82, 2.24) is 10.4 Å². The Morgan fingerprint density at radius 1 is 1.07 bits per heavy atom. The molecule has 2 N–H and O–H groups in total. The maximum Gasteiger partial charge on any atom is 0.271 e. The average molecular weight is 400 g/mol. The molecule has 3 aromatic rings. The van der Waals surface area contributed by atoms with Gasteiger partial charge in [0.05, 0.1) is 11.4 Å². The zero-order valence-electron chi connectivity index (χ0n) is 14.3. The highest BCUT2D eigenvalue weighted by Crippen LogP contribution is 2.20. The maximum absolute atomic E-state index is 12.2. The lowest BCUT2D eigenvalue weighted by molar-refractivity contribution is 0.0955. The number of thiophene rings is 1. The van der Waals surface area contributed by atoms with E-state index < -0.39 is 15.9 Å². The standard InChI is InChI=1S/C18H16N4O3S2/c1-13(16-5-2-3-11-19-16)20-21-18(23)14-7-9-15(10-8-14)22-27(24,25)17-6-4-12-26-17/h2-12,22H,1H3,(H,21,23). The van der Waals surface area contributed by atoms with E-state index in [1.807, 2.05) is 6.07 Å². The summed E-state index contributed by atoms with van der Waals surface area (Å²) in [5, 5.41) is 5.72. The minimum absolute atomic E-state index is 0.226. The van der Waals surface area contributed by atoms with Gasteiger partial charge in [0.15, 0.2) is 0 Å². The van der Waals surface area contributed by atoms with Gasteiger partial charge in [0.1, 0.15) is 4.21 Å². The first kappa shape index (κ1) is 18.7. The fourth-order valence-electron chi connectivity index (χ4n) is 2.14. The topological polar surface area (TPSA) is 101 Å². The lowest BCUT2D eigenvalue weighted by Crippen LogP contribution is -2.19. The third kappa shape index (κ3) is 4.78. The zero-order chi connectivity index (χ0) is 19.3. The van der Waals surface area contributed by atoms with Gasteiger partial charge in [0.2, 0.25) is 0 Å². The molecule has 138 valence electrons. The van der Waals surface area contributed by atoms with Gasteiger partial charge in [0.25, 0.3) is 15.9 Å². The second-order valence-electron chi connectivity index (χ2n) is 5.47. The second-order valence-corrected chi connectivity index (χ2v) is 8.32. The van der Waals surface area contributed by atoms with E-state index in [2.05, 4.69) is 20.2 Å². The number of sulfonamides is 1. The highest BCUT2D eigenvalue weighted by Gasteiger charge is 2.15. The van der Waals surface area contributed by atoms with Gasteiger partial charge < -0.3 is 0 Å². The van der Waals surface area contributed by atoms with E-state index in [0.717, 1.165) is 11.3 Å². The molecule has 2 aromatic heterocycles. The number of rotatable bonds is 6. The molecule has 0 radical (unpaired) electrons. The molecule has 0 aliphatic carbocycles. The molecule has 0 bridgehead atoms. The predicted octanol–water partition coefficient (Wildman–Crippen LogP) is 3.10. The fourth-order valence-corrected chi connectivity index (χ4v) is 4.20. The molecule has 1 amide bonds. The van der Waals surface area contributed by atoms with Crippen LogP contribution in [0.3, 0.4) is 0 Å². The zero-order valence-corrected chi connectivity index (χ0v) is 15.9. The number of benzene rings is 1. The monoisotopic (exact) mass is 400 g/mol. The number of carbonyl (C=O) groups excluding carboxylic acids is 1. The normalized spacial score (nSPS) is 11.8. The Bertz CT molecular complexity index is 1050. The van der Waals surface area contributed by atoms with Crippen molar-refractivity contribution in [3.63, 3.8) is 0 Å². The summed E-state index contributed by atoms with van der Waals surface area (Å²) >= 11 is 1.13. The average Bonchev–Trinajstić information content (AvgIpc) is 3.23. The van der Waals surface area contributed by atoms with Crippen LogP contribution in [0.4, 0.5) is 5.69 Å². The number of amides is 1. The van der Waals surface area contributed by atoms with Gasteiger partial charge in [-0.15, -0.1) is 11.3 Å². The van der Waals surface area contributed by atoms with Crippen LogP contribution in [0.5, 0.6) is 0 Å². The Kier molecular flexibility index (Phi) is 5.63. The van der Waals surface area contributed by atoms with Crippen LogP contribution in [0.15, 0.2) is 75.5 Å². The van der Waals surface area contributed by atoms with Crippen LogP contribution in [0.1, 0.15) is 23.0 Å². The molecule has 9 heteroatoms. The molecule has 0 spiro atoms. The number of anilines is 1. The fraction of sp³-hybridized carbons (Fsp3) is 0.0556. The van der Waals surface area contributed by atoms with Gasteiger partial charge in [-0.25, -0.2) is 13.8 Å². The van der Waals surface area contributed by atoms with E-state index in [1.165, 1.54) is 30.3 Å². The van der Waals surface area contributed by atoms with Crippen LogP contribution in [0, 0.1) is 0 Å². The van der Waals surface area contributed by atoms with Crippen molar-refractivity contribution in [3.8, 4) is 0 Å². The van der Waals surface area contributed by atoms with Crippen LogP contribution >= 0.6 is 11.3 Å². The quantitative estimate of drug-likeness (QED) is 0.490. The van der Waals surface area contributed by atoms with Crippen LogP contribution < -0.4 is 10.1 Å². The van der Waals surface area contributed by atoms with Crippen molar-refractivity contribution >= 4 is 38.7 Å². The molecule has 0 saturated heterocycles. The van der Waals surface area contributed by atoms with E-state index in [4.69, 9.17) is 0 Å². The van der Waals surface area contributed by atoms with E-state index in [0.29, 0.717) is 22.7 Å². The van der Waals surface area contributed by atoms with Crippen LogP contribution in [0.2, 0.25) is 0 Å². The SMILES string of the molecule is CC(=NNC(=O)c1ccc(NS(=O)(=O)c2cccs2)cc1)c1ccccn1. The van der Waals surface area contributed by atoms with Crippen LogP contribution in [-0.4, -0.2) is 25.0 Å². The Hall–Kier alpha value is -3.04. The van der Waals surface area contributed by atoms with Crippen molar-refractivity contribution in [1.29, 1.82) is 0 Å². The molecule has 0 fully saturated rings. The number of nitrogens with zero attached hydrogens (tertiary/aromatic N) is 2. The molecule has 0 atom stereocenters. The summed E-state index contributed by atoms with van der Waals surface area (Å²) in [5.74, 6) is -0.405. The number of hydrogen-bond donors (Lipinski definition) is 2. The van der Waals surface area contributed by atoms with Gasteiger partial charge in [-0.1, -0.05) is 12.1 Å². The summed E-state index contributed by atoms with van der Waals surface area (Å²) in [4.78, 5) is 16.3. The summed E-state index contributed by atoms with van der Waals surface area (Å²) in [6.45, 7) is 1.74. The van der Waals surface area contributed by atoms with E-state index in [-0.39, 0.29) is 4.21 Å². The Balaban J connectivity index is 1.66. The predicted molar refractivity (Wildman–Crippen MR) is 105 cm³/mol. The Labute approximate surface area is 160 Å². The van der Waals surface area contributed by atoms with Gasteiger partial charge in [0, 0.05) is 17.4 Å². The second kappa shape index (κ2) is 8.11. The largest absolute Gasteiger partial charge is 0.279 e. The Morgan fingerprint density at radius 3 is 2.48 bits per heavy atom. The molecule has 0 aliphatic rings. The van der Waals surface area contributed by atoms with Gasteiger partial charge in [-0.2, -0.15) is 5.10 Å². The third-order valence-electron chi connectivity index (χ3n) is 3.52. The van der Waals surface area contributed by atoms with Crippen molar-refractivity contribution in [2.45, 2.75) is 11.1 Å². The number of nitrogens with one attached hydrogen (secondary N) is 2.